The molecule has 0 unspecified atom stereocenters. The first-order valence-corrected chi connectivity index (χ1v) is 5.93. The van der Waals surface area contributed by atoms with Crippen LogP contribution in [0.4, 0.5) is 0 Å². The van der Waals surface area contributed by atoms with Gasteiger partial charge < -0.3 is 0 Å². The van der Waals surface area contributed by atoms with E-state index in [1.807, 2.05) is 11.8 Å². The van der Waals surface area contributed by atoms with Gasteiger partial charge in [0.25, 0.3) is 0 Å². The Morgan fingerprint density at radius 1 is 1.21 bits per heavy atom. The van der Waals surface area contributed by atoms with Gasteiger partial charge in [-0.25, -0.2) is 4.98 Å². The maximum absolute atomic E-state index is 4.68. The highest BCUT2D eigenvalue weighted by atomic mass is 32.2. The van der Waals surface area contributed by atoms with E-state index in [0.29, 0.717) is 0 Å². The van der Waals surface area contributed by atoms with Crippen molar-refractivity contribution >= 4 is 22.7 Å². The molecule has 2 heterocycles. The molecule has 2 heteroatoms. The Bertz CT molecular complexity index is 434. The summed E-state index contributed by atoms with van der Waals surface area (Å²) in [5.41, 5.74) is 2.56. The fourth-order valence-electron chi connectivity index (χ4n) is 1.88. The summed E-state index contributed by atoms with van der Waals surface area (Å²) in [4.78, 5) is 4.68. The van der Waals surface area contributed by atoms with Crippen LogP contribution >= 0.6 is 11.8 Å². The highest BCUT2D eigenvalue weighted by Gasteiger charge is 2.11. The lowest BCUT2D eigenvalue weighted by Crippen LogP contribution is -2.00. The van der Waals surface area contributed by atoms with E-state index in [1.54, 1.807) is 0 Å². The summed E-state index contributed by atoms with van der Waals surface area (Å²) >= 11 is 1.89. The molecule has 70 valence electrons. The summed E-state index contributed by atoms with van der Waals surface area (Å²) in [7, 11) is 0. The highest BCUT2D eigenvalue weighted by Crippen LogP contribution is 2.30. The molecule has 0 radical (unpaired) electrons. The van der Waals surface area contributed by atoms with Crippen molar-refractivity contribution in [2.45, 2.75) is 17.9 Å². The minimum absolute atomic E-state index is 1.13. The number of fused-ring (bicyclic) bond motifs is 2. The van der Waals surface area contributed by atoms with Crippen LogP contribution in [0, 0.1) is 0 Å². The number of aromatic nitrogens is 1. The second kappa shape index (κ2) is 3.28. The molecule has 0 fully saturated rings. The summed E-state index contributed by atoms with van der Waals surface area (Å²) in [6.07, 6.45) is 2.48. The van der Waals surface area contributed by atoms with Crippen molar-refractivity contribution in [2.75, 3.05) is 5.75 Å². The number of aryl methyl sites for hydroxylation is 1. The maximum atomic E-state index is 4.68. The molecule has 0 atom stereocenters. The Morgan fingerprint density at radius 2 is 2.14 bits per heavy atom. The van der Waals surface area contributed by atoms with Crippen molar-refractivity contribution in [1.29, 1.82) is 0 Å². The molecule has 1 nitrogen and oxygen atoms in total. The third-order valence-electron chi connectivity index (χ3n) is 2.59. The Kier molecular flexibility index (Phi) is 1.95. The molecule has 0 N–H and O–H groups in total. The molecule has 0 saturated heterocycles. The largest absolute Gasteiger partial charge is 0.241 e. The number of hydrogen-bond acceptors (Lipinski definition) is 2. The summed E-state index contributed by atoms with van der Waals surface area (Å²) < 4.78 is 0. The molecule has 1 aromatic heterocycles. The van der Waals surface area contributed by atoms with Crippen LogP contribution in [0.15, 0.2) is 35.4 Å². The quantitative estimate of drug-likeness (QED) is 0.648. The van der Waals surface area contributed by atoms with Gasteiger partial charge in [0, 0.05) is 5.39 Å². The number of rotatable bonds is 0. The zero-order valence-electron chi connectivity index (χ0n) is 7.86. The Morgan fingerprint density at radius 3 is 3.14 bits per heavy atom. The maximum Gasteiger partial charge on any atom is 0.0999 e. The molecular formula is C12H11NS. The fourth-order valence-corrected chi connectivity index (χ4v) is 2.87. The van der Waals surface area contributed by atoms with Crippen LogP contribution < -0.4 is 0 Å². The first kappa shape index (κ1) is 8.30. The number of nitrogens with zero attached hydrogens (tertiary/aromatic N) is 1. The van der Waals surface area contributed by atoms with Gasteiger partial charge in [0.05, 0.1) is 10.5 Å². The van der Waals surface area contributed by atoms with Gasteiger partial charge >= 0.3 is 0 Å². The molecule has 0 spiro atoms. The Balaban J connectivity index is 2.27. The van der Waals surface area contributed by atoms with E-state index in [2.05, 4.69) is 35.3 Å². The average Bonchev–Trinajstić information content (AvgIpc) is 2.26. The van der Waals surface area contributed by atoms with Gasteiger partial charge in [-0.05, 0) is 36.3 Å². The van der Waals surface area contributed by atoms with Gasteiger partial charge in [0.2, 0.25) is 0 Å². The molecule has 2 aromatic rings. The van der Waals surface area contributed by atoms with Gasteiger partial charge in [0.15, 0.2) is 0 Å². The van der Waals surface area contributed by atoms with Gasteiger partial charge in [-0.15, -0.1) is 11.8 Å². The molecule has 14 heavy (non-hydrogen) atoms. The van der Waals surface area contributed by atoms with Crippen molar-refractivity contribution in [3.63, 3.8) is 0 Å². The molecule has 0 bridgehead atoms. The number of thioether (sulfide) groups is 1. The van der Waals surface area contributed by atoms with Crippen LogP contribution in [-0.4, -0.2) is 10.7 Å². The van der Waals surface area contributed by atoms with Crippen LogP contribution in [0.1, 0.15) is 12.0 Å². The lowest BCUT2D eigenvalue weighted by Gasteiger charge is -2.14. The van der Waals surface area contributed by atoms with E-state index in [9.17, 15) is 0 Å². The van der Waals surface area contributed by atoms with E-state index in [0.717, 1.165) is 5.52 Å². The molecule has 1 aromatic carbocycles. The number of benzene rings is 1. The number of para-hydroxylation sites is 1. The van der Waals surface area contributed by atoms with Crippen molar-refractivity contribution in [3.8, 4) is 0 Å². The standard InChI is InChI=1S/C12H11NS/c1-2-6-11-9(4-1)8-10-5-3-7-14-12(10)13-11/h1-2,4,6,8H,3,5,7H2. The SMILES string of the molecule is c1ccc2nc3c(cc2c1)CCCS3. The number of pyridine rings is 1. The van der Waals surface area contributed by atoms with Crippen molar-refractivity contribution in [2.24, 2.45) is 0 Å². The second-order valence-corrected chi connectivity index (χ2v) is 4.68. The van der Waals surface area contributed by atoms with E-state index in [1.165, 1.54) is 34.6 Å². The van der Waals surface area contributed by atoms with Crippen molar-refractivity contribution < 1.29 is 0 Å². The van der Waals surface area contributed by atoms with Crippen LogP contribution in [0.2, 0.25) is 0 Å². The highest BCUT2D eigenvalue weighted by molar-refractivity contribution is 7.99. The smallest absolute Gasteiger partial charge is 0.0999 e. The second-order valence-electron chi connectivity index (χ2n) is 3.60. The Hall–Kier alpha value is -1.02. The predicted molar refractivity (Wildman–Crippen MR) is 60.8 cm³/mol. The fraction of sp³-hybridized carbons (Fsp3) is 0.250. The summed E-state index contributed by atoms with van der Waals surface area (Å²) in [5, 5.41) is 2.52. The molecule has 1 aliphatic heterocycles. The van der Waals surface area contributed by atoms with Crippen LogP contribution in [0.25, 0.3) is 10.9 Å². The predicted octanol–water partition coefficient (Wildman–Crippen LogP) is 3.27. The lowest BCUT2D eigenvalue weighted by molar-refractivity contribution is 0.867. The zero-order valence-corrected chi connectivity index (χ0v) is 8.68. The molecule has 1 aliphatic rings. The van der Waals surface area contributed by atoms with E-state index in [4.69, 9.17) is 0 Å². The van der Waals surface area contributed by atoms with Crippen molar-refractivity contribution in [3.05, 3.63) is 35.9 Å². The topological polar surface area (TPSA) is 12.9 Å². The summed E-state index contributed by atoms with van der Waals surface area (Å²) in [6, 6.07) is 10.7. The average molecular weight is 201 g/mol. The number of hydrogen-bond donors (Lipinski definition) is 0. The van der Waals surface area contributed by atoms with Gasteiger partial charge in [0.1, 0.15) is 0 Å². The minimum atomic E-state index is 1.13. The third-order valence-corrected chi connectivity index (χ3v) is 3.71. The van der Waals surface area contributed by atoms with E-state index < -0.39 is 0 Å². The first-order chi connectivity index (χ1) is 6.93. The molecule has 0 saturated carbocycles. The monoisotopic (exact) mass is 201 g/mol. The van der Waals surface area contributed by atoms with E-state index in [-0.39, 0.29) is 0 Å². The Labute approximate surface area is 87.5 Å². The van der Waals surface area contributed by atoms with Gasteiger partial charge in [-0.3, -0.25) is 0 Å². The minimum Gasteiger partial charge on any atom is -0.241 e. The van der Waals surface area contributed by atoms with Crippen LogP contribution in [0.3, 0.4) is 0 Å². The molecule has 3 rings (SSSR count). The normalized spacial score (nSPS) is 15.4. The van der Waals surface area contributed by atoms with Crippen LogP contribution in [-0.2, 0) is 6.42 Å². The third kappa shape index (κ3) is 1.30. The van der Waals surface area contributed by atoms with Gasteiger partial charge in [-0.2, -0.15) is 0 Å². The summed E-state index contributed by atoms with van der Waals surface area (Å²) in [6.45, 7) is 0. The zero-order chi connectivity index (χ0) is 9.38. The molecule has 0 amide bonds. The van der Waals surface area contributed by atoms with Gasteiger partial charge in [-0.1, -0.05) is 18.2 Å². The van der Waals surface area contributed by atoms with Crippen molar-refractivity contribution in [1.82, 2.24) is 4.98 Å². The summed E-state index contributed by atoms with van der Waals surface area (Å²) in [5.74, 6) is 1.22. The lowest BCUT2D eigenvalue weighted by atomic mass is 10.1. The van der Waals surface area contributed by atoms with E-state index >= 15 is 0 Å². The van der Waals surface area contributed by atoms with Crippen LogP contribution in [0.5, 0.6) is 0 Å². The molecular weight excluding hydrogens is 190 g/mol. The first-order valence-electron chi connectivity index (χ1n) is 4.95. The molecule has 0 aliphatic carbocycles.